The maximum atomic E-state index is 13.5. The second-order valence-corrected chi connectivity index (χ2v) is 9.76. The van der Waals surface area contributed by atoms with Crippen molar-refractivity contribution in [2.45, 2.75) is 69.4 Å². The molecular weight excluding hydrogens is 483 g/mol. The first kappa shape index (κ1) is 24.5. The summed E-state index contributed by atoms with van der Waals surface area (Å²) in [5.74, 6) is -5.16. The van der Waals surface area contributed by atoms with E-state index in [1.165, 1.54) is 25.4 Å². The third kappa shape index (κ3) is 4.51. The Balaban J connectivity index is 1.58. The molecule has 0 atom stereocenters. The topological polar surface area (TPSA) is 88.6 Å². The van der Waals surface area contributed by atoms with Crippen LogP contribution < -0.4 is 5.43 Å². The summed E-state index contributed by atoms with van der Waals surface area (Å²) in [4.78, 5) is 40.9. The molecule has 3 aromatic rings. The van der Waals surface area contributed by atoms with Gasteiger partial charge in [-0.05, 0) is 31.7 Å². The number of aromatic amines is 1. The number of halogens is 5. The van der Waals surface area contributed by atoms with E-state index in [9.17, 15) is 31.5 Å². The maximum Gasteiger partial charge on any atom is 0.391 e. The zero-order valence-corrected chi connectivity index (χ0v) is 19.3. The van der Waals surface area contributed by atoms with Crippen molar-refractivity contribution in [3.63, 3.8) is 0 Å². The second kappa shape index (κ2) is 8.70. The van der Waals surface area contributed by atoms with Crippen molar-refractivity contribution >= 4 is 16.7 Å². The van der Waals surface area contributed by atoms with Gasteiger partial charge >= 0.3 is 6.18 Å². The lowest BCUT2D eigenvalue weighted by Crippen LogP contribution is -2.35. The zero-order valence-electron chi connectivity index (χ0n) is 19.3. The number of pyridine rings is 2. The van der Waals surface area contributed by atoms with Gasteiger partial charge < -0.3 is 4.98 Å². The van der Waals surface area contributed by atoms with Crippen LogP contribution in [0.3, 0.4) is 0 Å². The highest BCUT2D eigenvalue weighted by molar-refractivity contribution is 6.04. The van der Waals surface area contributed by atoms with Gasteiger partial charge in [0.1, 0.15) is 11.5 Å². The van der Waals surface area contributed by atoms with E-state index in [0.29, 0.717) is 22.5 Å². The average Bonchev–Trinajstić information content (AvgIpc) is 2.81. The molecule has 0 radical (unpaired) electrons. The van der Waals surface area contributed by atoms with Crippen LogP contribution in [-0.4, -0.2) is 37.8 Å². The number of fused-ring (bicyclic) bond motifs is 1. The summed E-state index contributed by atoms with van der Waals surface area (Å²) in [6, 6.07) is 2.84. The van der Waals surface area contributed by atoms with Gasteiger partial charge in [0.2, 0.25) is 5.92 Å². The predicted molar refractivity (Wildman–Crippen MR) is 121 cm³/mol. The smallest absolute Gasteiger partial charge is 0.354 e. The minimum absolute atomic E-state index is 0.0310. The number of alkyl halides is 5. The van der Waals surface area contributed by atoms with Gasteiger partial charge in [0.15, 0.2) is 11.2 Å². The Hall–Kier alpha value is -3.24. The minimum atomic E-state index is -4.27. The molecule has 11 heteroatoms. The summed E-state index contributed by atoms with van der Waals surface area (Å²) < 4.78 is 66.6. The number of carbonyl (C=O) groups is 1. The van der Waals surface area contributed by atoms with Gasteiger partial charge in [0.05, 0.1) is 28.2 Å². The van der Waals surface area contributed by atoms with Crippen LogP contribution in [-0.2, 0) is 0 Å². The normalized spacial score (nSPS) is 22.4. The molecule has 2 aliphatic rings. The van der Waals surface area contributed by atoms with Crippen LogP contribution in [0.4, 0.5) is 22.0 Å². The number of carbonyl (C=O) groups excluding carboxylic acids is 1. The van der Waals surface area contributed by atoms with Crippen LogP contribution >= 0.6 is 0 Å². The number of H-pyrrole nitrogens is 1. The van der Waals surface area contributed by atoms with E-state index >= 15 is 0 Å². The van der Waals surface area contributed by atoms with E-state index in [0.717, 1.165) is 0 Å². The van der Waals surface area contributed by atoms with Gasteiger partial charge in [-0.3, -0.25) is 14.6 Å². The molecule has 2 aliphatic carbocycles. The van der Waals surface area contributed by atoms with Crippen molar-refractivity contribution in [3.05, 3.63) is 52.0 Å². The van der Waals surface area contributed by atoms with Crippen LogP contribution in [0.15, 0.2) is 29.3 Å². The Bertz CT molecular complexity index is 1390. The maximum absolute atomic E-state index is 13.5. The van der Waals surface area contributed by atoms with Crippen molar-refractivity contribution in [1.29, 1.82) is 0 Å². The lowest BCUT2D eigenvalue weighted by atomic mass is 9.78. The first-order chi connectivity index (χ1) is 16.9. The van der Waals surface area contributed by atoms with Gasteiger partial charge in [-0.15, -0.1) is 0 Å². The van der Waals surface area contributed by atoms with Crippen LogP contribution in [0.1, 0.15) is 79.3 Å². The average molecular weight is 506 g/mol. The molecule has 0 amide bonds. The Morgan fingerprint density at radius 1 is 1.08 bits per heavy atom. The fraction of sp³-hybridized carbons (Fsp3) is 0.480. The van der Waals surface area contributed by atoms with Gasteiger partial charge in [0, 0.05) is 55.6 Å². The first-order valence-electron chi connectivity index (χ1n) is 11.8. The van der Waals surface area contributed by atoms with Crippen LogP contribution in [0.25, 0.3) is 22.2 Å². The molecule has 190 valence electrons. The molecule has 36 heavy (non-hydrogen) atoms. The third-order valence-corrected chi connectivity index (χ3v) is 7.23. The van der Waals surface area contributed by atoms with E-state index < -0.39 is 29.4 Å². The molecule has 0 aliphatic heterocycles. The minimum Gasteiger partial charge on any atom is -0.354 e. The summed E-state index contributed by atoms with van der Waals surface area (Å²) in [6.45, 7) is 1.31. The van der Waals surface area contributed by atoms with E-state index in [2.05, 4.69) is 19.9 Å². The molecule has 2 fully saturated rings. The number of aromatic nitrogens is 4. The quantitative estimate of drug-likeness (QED) is 0.350. The molecule has 0 bridgehead atoms. The molecule has 3 aromatic heterocycles. The van der Waals surface area contributed by atoms with Crippen LogP contribution in [0.2, 0.25) is 0 Å². The number of hydrogen-bond acceptors (Lipinski definition) is 5. The summed E-state index contributed by atoms with van der Waals surface area (Å²) in [7, 11) is 0. The van der Waals surface area contributed by atoms with Gasteiger partial charge in [-0.25, -0.2) is 18.7 Å². The van der Waals surface area contributed by atoms with Gasteiger partial charge in [-0.2, -0.15) is 13.2 Å². The summed E-state index contributed by atoms with van der Waals surface area (Å²) >= 11 is 0. The number of nitrogens with zero attached hydrogens (tertiary/aromatic N) is 3. The molecule has 1 N–H and O–H groups in total. The summed E-state index contributed by atoms with van der Waals surface area (Å²) in [6.07, 6.45) is -1.83. The third-order valence-electron chi connectivity index (χ3n) is 7.23. The van der Waals surface area contributed by atoms with Crippen molar-refractivity contribution in [2.75, 3.05) is 0 Å². The summed E-state index contributed by atoms with van der Waals surface area (Å²) in [5, 5.41) is 0.134. The zero-order chi connectivity index (χ0) is 25.8. The van der Waals surface area contributed by atoms with E-state index in [1.54, 1.807) is 6.07 Å². The number of Topliss-reactive ketones (excluding diaryl/α,β-unsaturated/α-hetero) is 1. The molecular formula is C25H23F5N4O2. The molecule has 0 saturated heterocycles. The molecule has 2 saturated carbocycles. The number of nitrogens with one attached hydrogen (secondary N) is 1. The standard InChI is InChI=1S/C25H23F5N4O2/c1-12(35)21-20-17(6-7-31-21)33-18(8-19(20)36)16-11-32-23(14-9-24(26,27)10-14)34-22(16)13-2-4-15(5-3-13)25(28,29)30/h6-8,11,13-15H,2-5,9-10H2,1H3,(H,33,36). The largest absolute Gasteiger partial charge is 0.391 e. The highest BCUT2D eigenvalue weighted by atomic mass is 19.4. The molecule has 0 aromatic carbocycles. The van der Waals surface area contributed by atoms with Crippen molar-refractivity contribution < 1.29 is 26.7 Å². The number of ketones is 1. The van der Waals surface area contributed by atoms with Crippen LogP contribution in [0.5, 0.6) is 0 Å². The second-order valence-electron chi connectivity index (χ2n) is 9.76. The molecule has 3 heterocycles. The van der Waals surface area contributed by atoms with Crippen molar-refractivity contribution in [1.82, 2.24) is 19.9 Å². The highest BCUT2D eigenvalue weighted by Crippen LogP contribution is 2.49. The monoisotopic (exact) mass is 506 g/mol. The Kier molecular flexibility index (Phi) is 5.91. The Morgan fingerprint density at radius 2 is 1.78 bits per heavy atom. The molecule has 5 rings (SSSR count). The fourth-order valence-corrected chi connectivity index (χ4v) is 5.27. The van der Waals surface area contributed by atoms with Gasteiger partial charge in [0.25, 0.3) is 0 Å². The SMILES string of the molecule is CC(=O)c1nccc2[nH]c(-c3cnc(C4CC(F)(F)C4)nc3C3CCC(C(F)(F)F)CC3)cc(=O)c12. The highest BCUT2D eigenvalue weighted by Gasteiger charge is 2.48. The lowest BCUT2D eigenvalue weighted by Gasteiger charge is -2.35. The van der Waals surface area contributed by atoms with E-state index in [-0.39, 0.29) is 67.1 Å². The molecule has 0 unspecified atom stereocenters. The van der Waals surface area contributed by atoms with Crippen molar-refractivity contribution in [3.8, 4) is 11.3 Å². The molecule has 0 spiro atoms. The molecule has 6 nitrogen and oxygen atoms in total. The number of rotatable bonds is 4. The van der Waals surface area contributed by atoms with E-state index in [4.69, 9.17) is 0 Å². The number of hydrogen-bond donors (Lipinski definition) is 1. The lowest BCUT2D eigenvalue weighted by molar-refractivity contribution is -0.182. The Morgan fingerprint density at radius 3 is 2.39 bits per heavy atom. The van der Waals surface area contributed by atoms with Crippen LogP contribution in [0, 0.1) is 5.92 Å². The van der Waals surface area contributed by atoms with Crippen molar-refractivity contribution in [2.24, 2.45) is 5.92 Å². The van der Waals surface area contributed by atoms with E-state index in [1.807, 2.05) is 0 Å². The predicted octanol–water partition coefficient (Wildman–Crippen LogP) is 5.93. The fourth-order valence-electron chi connectivity index (χ4n) is 5.27. The van der Waals surface area contributed by atoms with Gasteiger partial charge in [-0.1, -0.05) is 0 Å². The summed E-state index contributed by atoms with van der Waals surface area (Å²) in [5.41, 5.74) is 1.17. The first-order valence-corrected chi connectivity index (χ1v) is 11.8. The Labute approximate surface area is 202 Å².